The molecule has 0 aliphatic carbocycles. The summed E-state index contributed by atoms with van der Waals surface area (Å²) in [6.07, 6.45) is 0. The number of likely N-dealkylation sites (N-methyl/N-ethyl adjacent to an activating group) is 1. The predicted molar refractivity (Wildman–Crippen MR) is 107 cm³/mol. The predicted octanol–water partition coefficient (Wildman–Crippen LogP) is 2.55. The van der Waals surface area contributed by atoms with Crippen LogP contribution in [-0.4, -0.2) is 54.0 Å². The minimum absolute atomic E-state index is 0.130. The van der Waals surface area contributed by atoms with Crippen molar-refractivity contribution in [2.24, 2.45) is 0 Å². The number of hydrogen-bond acceptors (Lipinski definition) is 5. The van der Waals surface area contributed by atoms with Crippen LogP contribution in [0.25, 0.3) is 5.57 Å². The summed E-state index contributed by atoms with van der Waals surface area (Å²) >= 11 is 5.92. The minimum atomic E-state index is -0.387. The molecule has 0 unspecified atom stereocenters. The summed E-state index contributed by atoms with van der Waals surface area (Å²) in [4.78, 5) is 29.1. The van der Waals surface area contributed by atoms with Crippen molar-refractivity contribution in [1.82, 2.24) is 9.80 Å². The molecule has 28 heavy (non-hydrogen) atoms. The molecule has 146 valence electrons. The fourth-order valence-corrected chi connectivity index (χ4v) is 3.24. The molecule has 0 saturated heterocycles. The lowest BCUT2D eigenvalue weighted by molar-refractivity contribution is -0.138. The maximum absolute atomic E-state index is 13.2. The van der Waals surface area contributed by atoms with Crippen molar-refractivity contribution >= 4 is 29.0 Å². The standard InChI is InChI=1S/C21H21ClN2O4/c1-23(11-12-25)19-18(15-5-9-17(28-2)10-6-15)20(26)24(21(19)27)13-14-3-7-16(22)8-4-14/h3-10,25H,11-13H2,1-2H3. The number of benzene rings is 2. The van der Waals surface area contributed by atoms with Crippen LogP contribution in [0.5, 0.6) is 5.75 Å². The van der Waals surface area contributed by atoms with E-state index < -0.39 is 0 Å². The third-order valence-corrected chi connectivity index (χ3v) is 4.85. The number of ether oxygens (including phenoxy) is 1. The number of carbonyl (C=O) groups excluding carboxylic acids is 2. The lowest BCUT2D eigenvalue weighted by atomic mass is 10.0. The van der Waals surface area contributed by atoms with Crippen LogP contribution in [0.4, 0.5) is 0 Å². The molecule has 6 nitrogen and oxygen atoms in total. The first-order valence-corrected chi connectivity index (χ1v) is 9.15. The Kier molecular flexibility index (Phi) is 6.02. The SMILES string of the molecule is COc1ccc(C2=C(N(C)CCO)C(=O)N(Cc3ccc(Cl)cc3)C2=O)cc1. The zero-order valence-electron chi connectivity index (χ0n) is 15.7. The van der Waals surface area contributed by atoms with Crippen molar-refractivity contribution in [2.75, 3.05) is 27.3 Å². The molecule has 2 aromatic carbocycles. The third-order valence-electron chi connectivity index (χ3n) is 4.59. The topological polar surface area (TPSA) is 70.1 Å². The Morgan fingerprint density at radius 1 is 1.04 bits per heavy atom. The number of methoxy groups -OCH3 is 1. The van der Waals surface area contributed by atoms with Crippen LogP contribution in [0.15, 0.2) is 54.2 Å². The number of amides is 2. The molecular formula is C21H21ClN2O4. The van der Waals surface area contributed by atoms with Gasteiger partial charge in [-0.2, -0.15) is 0 Å². The Balaban J connectivity index is 1.99. The average molecular weight is 401 g/mol. The number of nitrogens with zero attached hydrogens (tertiary/aromatic N) is 2. The first kappa shape index (κ1) is 19.9. The normalized spacial score (nSPS) is 14.1. The van der Waals surface area contributed by atoms with E-state index in [1.807, 2.05) is 0 Å². The highest BCUT2D eigenvalue weighted by Crippen LogP contribution is 2.32. The molecular weight excluding hydrogens is 380 g/mol. The van der Waals surface area contributed by atoms with Crippen LogP contribution in [-0.2, 0) is 16.1 Å². The maximum atomic E-state index is 13.2. The van der Waals surface area contributed by atoms with E-state index in [4.69, 9.17) is 16.3 Å². The molecule has 0 radical (unpaired) electrons. The van der Waals surface area contributed by atoms with Crippen LogP contribution in [0.1, 0.15) is 11.1 Å². The van der Waals surface area contributed by atoms with Crippen LogP contribution in [0, 0.1) is 0 Å². The van der Waals surface area contributed by atoms with Gasteiger partial charge in [0.1, 0.15) is 11.4 Å². The van der Waals surface area contributed by atoms with Crippen LogP contribution in [0.3, 0.4) is 0 Å². The first-order valence-electron chi connectivity index (χ1n) is 8.77. The van der Waals surface area contributed by atoms with Crippen molar-refractivity contribution in [3.05, 3.63) is 70.4 Å². The summed E-state index contributed by atoms with van der Waals surface area (Å²) in [7, 11) is 3.25. The number of aliphatic hydroxyl groups is 1. The van der Waals surface area contributed by atoms with Gasteiger partial charge in [0.2, 0.25) is 0 Å². The summed E-state index contributed by atoms with van der Waals surface area (Å²) in [6, 6.07) is 14.0. The fraction of sp³-hybridized carbons (Fsp3) is 0.238. The molecule has 0 atom stereocenters. The molecule has 0 spiro atoms. The van der Waals surface area contributed by atoms with Gasteiger partial charge in [0, 0.05) is 18.6 Å². The highest BCUT2D eigenvalue weighted by atomic mass is 35.5. The highest BCUT2D eigenvalue weighted by molar-refractivity contribution is 6.35. The molecule has 0 aromatic heterocycles. The van der Waals surface area contributed by atoms with E-state index >= 15 is 0 Å². The summed E-state index contributed by atoms with van der Waals surface area (Å²) in [5, 5.41) is 9.88. The molecule has 7 heteroatoms. The molecule has 2 amide bonds. The number of imide groups is 1. The maximum Gasteiger partial charge on any atom is 0.278 e. The van der Waals surface area contributed by atoms with E-state index in [1.165, 1.54) is 4.90 Å². The van der Waals surface area contributed by atoms with E-state index in [0.29, 0.717) is 21.9 Å². The zero-order valence-corrected chi connectivity index (χ0v) is 16.4. The van der Waals surface area contributed by atoms with Crippen molar-refractivity contribution in [3.63, 3.8) is 0 Å². The van der Waals surface area contributed by atoms with Gasteiger partial charge in [0.15, 0.2) is 0 Å². The number of carbonyl (C=O) groups is 2. The van der Waals surface area contributed by atoms with Gasteiger partial charge in [-0.25, -0.2) is 0 Å². The smallest absolute Gasteiger partial charge is 0.278 e. The molecule has 2 aromatic rings. The minimum Gasteiger partial charge on any atom is -0.497 e. The van der Waals surface area contributed by atoms with Gasteiger partial charge in [-0.1, -0.05) is 35.9 Å². The quantitative estimate of drug-likeness (QED) is 0.723. The van der Waals surface area contributed by atoms with Gasteiger partial charge in [-0.3, -0.25) is 14.5 Å². The van der Waals surface area contributed by atoms with Crippen LogP contribution in [0.2, 0.25) is 5.02 Å². The Morgan fingerprint density at radius 3 is 2.25 bits per heavy atom. The van der Waals surface area contributed by atoms with Gasteiger partial charge in [0.05, 0.1) is 25.8 Å². The van der Waals surface area contributed by atoms with Gasteiger partial charge in [0.25, 0.3) is 11.8 Å². The van der Waals surface area contributed by atoms with E-state index in [2.05, 4.69) is 0 Å². The van der Waals surface area contributed by atoms with E-state index in [0.717, 1.165) is 5.56 Å². The Hall–Kier alpha value is -2.83. The number of rotatable bonds is 7. The van der Waals surface area contributed by atoms with Gasteiger partial charge < -0.3 is 14.7 Å². The summed E-state index contributed by atoms with van der Waals surface area (Å²) < 4.78 is 5.17. The monoisotopic (exact) mass is 400 g/mol. The van der Waals surface area contributed by atoms with Crippen molar-refractivity contribution in [1.29, 1.82) is 0 Å². The largest absolute Gasteiger partial charge is 0.497 e. The molecule has 1 aliphatic heterocycles. The van der Waals surface area contributed by atoms with E-state index in [-0.39, 0.29) is 37.2 Å². The van der Waals surface area contributed by atoms with E-state index in [1.54, 1.807) is 67.6 Å². The first-order chi connectivity index (χ1) is 13.5. The second-order valence-electron chi connectivity index (χ2n) is 6.42. The van der Waals surface area contributed by atoms with Crippen molar-refractivity contribution < 1.29 is 19.4 Å². The number of aliphatic hydroxyl groups excluding tert-OH is 1. The second kappa shape index (κ2) is 8.46. The Bertz CT molecular complexity index is 907. The number of halogens is 1. The number of hydrogen-bond donors (Lipinski definition) is 1. The molecule has 3 rings (SSSR count). The van der Waals surface area contributed by atoms with Gasteiger partial charge >= 0.3 is 0 Å². The Labute approximate surface area is 168 Å². The molecule has 1 N–H and O–H groups in total. The molecule has 1 heterocycles. The summed E-state index contributed by atoms with van der Waals surface area (Å²) in [5.74, 6) is -0.101. The lowest BCUT2D eigenvalue weighted by Crippen LogP contribution is -2.34. The molecule has 0 fully saturated rings. The molecule has 0 bridgehead atoms. The molecule has 0 saturated carbocycles. The average Bonchev–Trinajstić information content (AvgIpc) is 2.94. The Morgan fingerprint density at radius 2 is 1.68 bits per heavy atom. The van der Waals surface area contributed by atoms with Crippen LogP contribution < -0.4 is 4.74 Å². The van der Waals surface area contributed by atoms with Gasteiger partial charge in [-0.05, 0) is 35.4 Å². The highest BCUT2D eigenvalue weighted by Gasteiger charge is 2.40. The zero-order chi connectivity index (χ0) is 20.3. The van der Waals surface area contributed by atoms with Crippen molar-refractivity contribution in [3.8, 4) is 5.75 Å². The molecule has 1 aliphatic rings. The van der Waals surface area contributed by atoms with Crippen LogP contribution >= 0.6 is 11.6 Å². The van der Waals surface area contributed by atoms with Crippen molar-refractivity contribution in [2.45, 2.75) is 6.54 Å². The summed E-state index contributed by atoms with van der Waals surface area (Å²) in [6.45, 7) is 0.252. The van der Waals surface area contributed by atoms with E-state index in [9.17, 15) is 14.7 Å². The lowest BCUT2D eigenvalue weighted by Gasteiger charge is -2.20. The fourth-order valence-electron chi connectivity index (χ4n) is 3.11. The summed E-state index contributed by atoms with van der Waals surface area (Å²) in [5.41, 5.74) is 2.01. The van der Waals surface area contributed by atoms with Gasteiger partial charge in [-0.15, -0.1) is 0 Å². The second-order valence-corrected chi connectivity index (χ2v) is 6.86. The third kappa shape index (κ3) is 3.88.